The van der Waals surface area contributed by atoms with Gasteiger partial charge in [-0.3, -0.25) is 9.59 Å². The van der Waals surface area contributed by atoms with Crippen LogP contribution in [0.25, 0.3) is 0 Å². The molecule has 1 aromatic heterocycles. The minimum atomic E-state index is -0.185. The maximum Gasteiger partial charge on any atom is 0.243 e. The van der Waals surface area contributed by atoms with Crippen LogP contribution in [0.2, 0.25) is 5.15 Å². The summed E-state index contributed by atoms with van der Waals surface area (Å²) in [4.78, 5) is 29.0. The lowest BCUT2D eigenvalue weighted by Crippen LogP contribution is -2.43. The second kappa shape index (κ2) is 9.43. The first-order valence-electron chi connectivity index (χ1n) is 10.1. The number of carbonyl (C=O) groups excluding carboxylic acids is 2. The molecule has 30 heavy (non-hydrogen) atoms. The van der Waals surface area contributed by atoms with Gasteiger partial charge in [-0.25, -0.2) is 0 Å². The Morgan fingerprint density at radius 2 is 1.77 bits per heavy atom. The normalized spacial score (nSPS) is 14.5. The molecule has 0 bridgehead atoms. The molecule has 160 valence electrons. The molecule has 1 fully saturated rings. The van der Waals surface area contributed by atoms with E-state index in [4.69, 9.17) is 11.6 Å². The fraction of sp³-hybridized carbons (Fsp3) is 0.455. The molecule has 1 saturated heterocycles. The van der Waals surface area contributed by atoms with Gasteiger partial charge in [-0.05, 0) is 56.9 Å². The lowest BCUT2D eigenvalue weighted by atomic mass is 9.95. The molecule has 2 heterocycles. The lowest BCUT2D eigenvalue weighted by Gasteiger charge is -2.33. The number of rotatable bonds is 5. The van der Waals surface area contributed by atoms with E-state index in [9.17, 15) is 9.59 Å². The smallest absolute Gasteiger partial charge is 0.243 e. The van der Waals surface area contributed by atoms with Crippen LogP contribution in [0.5, 0.6) is 0 Å². The lowest BCUT2D eigenvalue weighted by molar-refractivity contribution is -0.137. The van der Waals surface area contributed by atoms with E-state index in [2.05, 4.69) is 20.4 Å². The van der Waals surface area contributed by atoms with E-state index in [0.29, 0.717) is 31.1 Å². The second-order valence-electron chi connectivity index (χ2n) is 7.99. The Labute approximate surface area is 182 Å². The first-order chi connectivity index (χ1) is 14.2. The van der Waals surface area contributed by atoms with Crippen molar-refractivity contribution >= 4 is 34.9 Å². The summed E-state index contributed by atoms with van der Waals surface area (Å²) >= 11 is 5.79. The van der Waals surface area contributed by atoms with Crippen molar-refractivity contribution in [3.63, 3.8) is 0 Å². The van der Waals surface area contributed by atoms with Crippen LogP contribution in [0.1, 0.15) is 29.5 Å². The first kappa shape index (κ1) is 22.0. The number of hydrogen-bond acceptors (Lipinski definition) is 5. The predicted octanol–water partition coefficient (Wildman–Crippen LogP) is 3.37. The molecule has 0 saturated carbocycles. The molecular formula is C22H28ClN5O2. The van der Waals surface area contributed by atoms with Gasteiger partial charge < -0.3 is 15.1 Å². The molecular weight excluding hydrogens is 402 g/mol. The zero-order chi connectivity index (χ0) is 21.8. The fourth-order valence-corrected chi connectivity index (χ4v) is 4.10. The van der Waals surface area contributed by atoms with E-state index in [0.717, 1.165) is 28.2 Å². The number of piperidine rings is 1. The highest BCUT2D eigenvalue weighted by molar-refractivity contribution is 6.29. The van der Waals surface area contributed by atoms with Crippen LogP contribution < -0.4 is 10.2 Å². The van der Waals surface area contributed by atoms with Crippen LogP contribution in [-0.4, -0.2) is 53.6 Å². The SMILES string of the molecule is Cc1cc(C)c(NC(=O)CN(C)C(=O)C2CCN(c3ccc(Cl)nn3)CC2)c(C)c1. The zero-order valence-electron chi connectivity index (χ0n) is 17.9. The molecule has 0 unspecified atom stereocenters. The Morgan fingerprint density at radius 1 is 1.13 bits per heavy atom. The van der Waals surface area contributed by atoms with Crippen LogP contribution in [0.4, 0.5) is 11.5 Å². The van der Waals surface area contributed by atoms with Crippen LogP contribution in [-0.2, 0) is 9.59 Å². The Morgan fingerprint density at radius 3 is 2.33 bits per heavy atom. The van der Waals surface area contributed by atoms with Crippen LogP contribution in [0.15, 0.2) is 24.3 Å². The Kier molecular flexibility index (Phi) is 6.92. The van der Waals surface area contributed by atoms with Gasteiger partial charge in [-0.1, -0.05) is 29.3 Å². The number of benzene rings is 1. The summed E-state index contributed by atoms with van der Waals surface area (Å²) in [5.41, 5.74) is 4.02. The quantitative estimate of drug-likeness (QED) is 0.788. The molecule has 1 aliphatic rings. The summed E-state index contributed by atoms with van der Waals surface area (Å²) in [6.45, 7) is 7.45. The summed E-state index contributed by atoms with van der Waals surface area (Å²) in [5, 5.41) is 11.3. The largest absolute Gasteiger partial charge is 0.355 e. The van der Waals surface area contributed by atoms with Crippen LogP contribution >= 0.6 is 11.6 Å². The molecule has 0 atom stereocenters. The standard InChI is InChI=1S/C22H28ClN5O2/c1-14-11-15(2)21(16(3)12-14)24-20(29)13-27(4)22(30)17-7-9-28(10-8-17)19-6-5-18(23)25-26-19/h5-6,11-12,17H,7-10,13H2,1-4H3,(H,24,29). The van der Waals surface area contributed by atoms with Crippen LogP contribution in [0.3, 0.4) is 0 Å². The number of halogens is 1. The Hall–Kier alpha value is -2.67. The van der Waals surface area contributed by atoms with E-state index in [1.807, 2.05) is 39.0 Å². The van der Waals surface area contributed by atoms with E-state index >= 15 is 0 Å². The average Bonchev–Trinajstić information content (AvgIpc) is 2.71. The van der Waals surface area contributed by atoms with E-state index in [1.165, 1.54) is 4.90 Å². The Balaban J connectivity index is 1.52. The number of carbonyl (C=O) groups is 2. The molecule has 1 aromatic carbocycles. The molecule has 1 N–H and O–H groups in total. The van der Waals surface area contributed by atoms with Gasteiger partial charge in [0.05, 0.1) is 6.54 Å². The molecule has 0 aliphatic carbocycles. The second-order valence-corrected chi connectivity index (χ2v) is 8.38. The minimum absolute atomic E-state index is 0.00402. The van der Waals surface area contributed by atoms with Gasteiger partial charge in [0.15, 0.2) is 11.0 Å². The zero-order valence-corrected chi connectivity index (χ0v) is 18.7. The van der Waals surface area contributed by atoms with Crippen molar-refractivity contribution in [2.45, 2.75) is 33.6 Å². The number of amides is 2. The third kappa shape index (κ3) is 5.27. The van der Waals surface area contributed by atoms with Crippen molar-refractivity contribution in [2.24, 2.45) is 5.92 Å². The van der Waals surface area contributed by atoms with Crippen molar-refractivity contribution in [3.8, 4) is 0 Å². The predicted molar refractivity (Wildman–Crippen MR) is 119 cm³/mol. The van der Waals surface area contributed by atoms with Gasteiger partial charge >= 0.3 is 0 Å². The highest BCUT2D eigenvalue weighted by Crippen LogP contribution is 2.24. The van der Waals surface area contributed by atoms with Crippen molar-refractivity contribution in [1.29, 1.82) is 0 Å². The Bertz CT molecular complexity index is 901. The van der Waals surface area contributed by atoms with E-state index in [-0.39, 0.29) is 24.3 Å². The maximum absolute atomic E-state index is 12.8. The van der Waals surface area contributed by atoms with Gasteiger partial charge in [0, 0.05) is 31.7 Å². The van der Waals surface area contributed by atoms with Crippen molar-refractivity contribution < 1.29 is 9.59 Å². The number of aryl methyl sites for hydroxylation is 3. The molecule has 0 radical (unpaired) electrons. The van der Waals surface area contributed by atoms with Gasteiger partial charge in [-0.2, -0.15) is 0 Å². The minimum Gasteiger partial charge on any atom is -0.355 e. The molecule has 7 nitrogen and oxygen atoms in total. The van der Waals surface area contributed by atoms with Gasteiger partial charge in [0.25, 0.3) is 0 Å². The van der Waals surface area contributed by atoms with Crippen LogP contribution in [0, 0.1) is 26.7 Å². The molecule has 3 rings (SSSR count). The molecule has 1 aliphatic heterocycles. The van der Waals surface area contributed by atoms with Crippen molar-refractivity contribution in [1.82, 2.24) is 15.1 Å². The highest BCUT2D eigenvalue weighted by Gasteiger charge is 2.28. The molecule has 2 aromatic rings. The maximum atomic E-state index is 12.8. The molecule has 2 amide bonds. The first-order valence-corrected chi connectivity index (χ1v) is 10.5. The van der Waals surface area contributed by atoms with Crippen molar-refractivity contribution in [2.75, 3.05) is 36.9 Å². The third-order valence-electron chi connectivity index (χ3n) is 5.48. The third-order valence-corrected chi connectivity index (χ3v) is 5.69. The molecule has 0 spiro atoms. The van der Waals surface area contributed by atoms with E-state index < -0.39 is 0 Å². The number of likely N-dealkylation sites (N-methyl/N-ethyl adjacent to an activating group) is 1. The summed E-state index contributed by atoms with van der Waals surface area (Å²) in [6.07, 6.45) is 1.43. The number of anilines is 2. The number of aromatic nitrogens is 2. The van der Waals surface area contributed by atoms with Gasteiger partial charge in [0.1, 0.15) is 0 Å². The topological polar surface area (TPSA) is 78.4 Å². The summed E-state index contributed by atoms with van der Waals surface area (Å²) < 4.78 is 0. The van der Waals surface area contributed by atoms with E-state index in [1.54, 1.807) is 13.1 Å². The van der Waals surface area contributed by atoms with Gasteiger partial charge in [-0.15, -0.1) is 10.2 Å². The fourth-order valence-electron chi connectivity index (χ4n) is 3.99. The number of nitrogens with zero attached hydrogens (tertiary/aromatic N) is 4. The monoisotopic (exact) mass is 429 g/mol. The summed E-state index contributed by atoms with van der Waals surface area (Å²) in [7, 11) is 1.69. The van der Waals surface area contributed by atoms with Gasteiger partial charge in [0.2, 0.25) is 11.8 Å². The number of hydrogen-bond donors (Lipinski definition) is 1. The summed E-state index contributed by atoms with van der Waals surface area (Å²) in [6, 6.07) is 7.63. The van der Waals surface area contributed by atoms with Crippen molar-refractivity contribution in [3.05, 3.63) is 46.1 Å². The average molecular weight is 430 g/mol. The molecule has 8 heteroatoms. The highest BCUT2D eigenvalue weighted by atomic mass is 35.5. The summed E-state index contributed by atoms with van der Waals surface area (Å²) in [5.74, 6) is 0.489. The number of nitrogens with one attached hydrogen (secondary N) is 1.